The van der Waals surface area contributed by atoms with Gasteiger partial charge in [-0.25, -0.2) is 4.98 Å². The second kappa shape index (κ2) is 5.24. The molecule has 0 bridgehead atoms. The lowest BCUT2D eigenvalue weighted by atomic mass is 10.1. The Balaban J connectivity index is 2.76. The molecule has 18 heavy (non-hydrogen) atoms. The molecule has 0 aromatic carbocycles. The lowest BCUT2D eigenvalue weighted by Crippen LogP contribution is -2.48. The van der Waals surface area contributed by atoms with Gasteiger partial charge in [-0.15, -0.1) is 0 Å². The van der Waals surface area contributed by atoms with Crippen molar-refractivity contribution in [2.75, 3.05) is 0 Å². The van der Waals surface area contributed by atoms with Crippen molar-refractivity contribution in [2.24, 2.45) is 0 Å². The number of halogens is 1. The molecule has 0 radical (unpaired) electrons. The molecule has 0 spiro atoms. The van der Waals surface area contributed by atoms with E-state index >= 15 is 0 Å². The van der Waals surface area contributed by atoms with Crippen LogP contribution in [0.2, 0.25) is 18.1 Å². The molecule has 5 heteroatoms. The highest BCUT2D eigenvalue weighted by Crippen LogP contribution is 2.39. The quantitative estimate of drug-likeness (QED) is 0.576. The van der Waals surface area contributed by atoms with Crippen LogP contribution in [0.4, 0.5) is 0 Å². The first-order valence-corrected chi connectivity index (χ1v) is 10.3. The smallest absolute Gasteiger partial charge is 0.192 e. The average molecular weight is 380 g/mol. The number of nitrogens with zero attached hydrogens (tertiary/aromatic N) is 2. The van der Waals surface area contributed by atoms with E-state index in [-0.39, 0.29) is 10.6 Å². The number of aromatic nitrogens is 2. The normalized spacial score (nSPS) is 14.0. The Morgan fingerprint density at radius 2 is 1.83 bits per heavy atom. The topological polar surface area (TPSA) is 27.1 Å². The van der Waals surface area contributed by atoms with Gasteiger partial charge >= 0.3 is 0 Å². The number of rotatable bonds is 4. The summed E-state index contributed by atoms with van der Waals surface area (Å²) in [4.78, 5) is 4.25. The summed E-state index contributed by atoms with van der Waals surface area (Å²) in [5.74, 6) is 0. The van der Waals surface area contributed by atoms with E-state index in [1.54, 1.807) is 0 Å². The fourth-order valence-electron chi connectivity index (χ4n) is 1.74. The van der Waals surface area contributed by atoms with Crippen molar-refractivity contribution < 1.29 is 4.43 Å². The third-order valence-electron chi connectivity index (χ3n) is 3.50. The number of hydrogen-bond acceptors (Lipinski definition) is 2. The maximum atomic E-state index is 6.49. The van der Waals surface area contributed by atoms with Crippen molar-refractivity contribution in [3.05, 3.63) is 16.2 Å². The van der Waals surface area contributed by atoms with E-state index in [0.29, 0.717) is 0 Å². The van der Waals surface area contributed by atoms with Gasteiger partial charge in [-0.05, 0) is 54.6 Å². The van der Waals surface area contributed by atoms with Crippen LogP contribution in [0.25, 0.3) is 0 Å². The maximum absolute atomic E-state index is 6.49. The van der Waals surface area contributed by atoms with Crippen molar-refractivity contribution in [1.82, 2.24) is 9.55 Å². The molecule has 0 fully saturated rings. The first kappa shape index (κ1) is 16.2. The van der Waals surface area contributed by atoms with E-state index in [9.17, 15) is 0 Å². The minimum atomic E-state index is -1.72. The maximum Gasteiger partial charge on any atom is 0.192 e. The highest BCUT2D eigenvalue weighted by molar-refractivity contribution is 14.1. The molecule has 1 aromatic rings. The molecule has 1 rings (SSSR count). The lowest BCUT2D eigenvalue weighted by Gasteiger charge is -2.42. The molecule has 0 saturated heterocycles. The number of imidazole rings is 1. The van der Waals surface area contributed by atoms with Gasteiger partial charge in [0.05, 0.1) is 18.5 Å². The van der Waals surface area contributed by atoms with Crippen LogP contribution in [-0.2, 0) is 11.0 Å². The van der Waals surface area contributed by atoms with E-state index in [1.165, 1.54) is 0 Å². The van der Waals surface area contributed by atoms with Crippen molar-refractivity contribution in [3.8, 4) is 0 Å². The Kier molecular flexibility index (Phi) is 4.71. The first-order chi connectivity index (χ1) is 7.93. The molecule has 1 heterocycles. The summed E-state index contributed by atoms with van der Waals surface area (Å²) in [6, 6.07) is 0. The summed E-state index contributed by atoms with van der Waals surface area (Å²) in [7, 11) is -1.72. The van der Waals surface area contributed by atoms with Crippen LogP contribution in [0.1, 0.15) is 34.6 Å². The van der Waals surface area contributed by atoms with Crippen molar-refractivity contribution in [1.29, 1.82) is 0 Å². The van der Waals surface area contributed by atoms with Gasteiger partial charge in [0, 0.05) is 6.20 Å². The van der Waals surface area contributed by atoms with E-state index in [4.69, 9.17) is 4.43 Å². The predicted molar refractivity (Wildman–Crippen MR) is 87.3 cm³/mol. The second-order valence-corrected chi connectivity index (χ2v) is 12.8. The molecular weight excluding hydrogens is 355 g/mol. The standard InChI is InChI=1S/C13H25IN2OSi/c1-12(2,3)18(6,7)17-13(4,5)9-16-8-11(14)15-10-16/h8,10H,9H2,1-7H3. The zero-order chi connectivity index (χ0) is 14.2. The van der Waals surface area contributed by atoms with Gasteiger partial charge in [0.15, 0.2) is 8.32 Å². The fourth-order valence-corrected chi connectivity index (χ4v) is 3.97. The van der Waals surface area contributed by atoms with Gasteiger partial charge < -0.3 is 8.99 Å². The van der Waals surface area contributed by atoms with E-state index in [1.807, 2.05) is 6.33 Å². The summed E-state index contributed by atoms with van der Waals surface area (Å²) in [6.45, 7) is 16.6. The summed E-state index contributed by atoms with van der Waals surface area (Å²) >= 11 is 2.23. The third kappa shape index (κ3) is 4.34. The van der Waals surface area contributed by atoms with Crippen molar-refractivity contribution in [2.45, 2.75) is 64.9 Å². The van der Waals surface area contributed by atoms with Gasteiger partial charge in [0.2, 0.25) is 0 Å². The summed E-state index contributed by atoms with van der Waals surface area (Å²) in [6.07, 6.45) is 3.93. The molecule has 1 aromatic heterocycles. The lowest BCUT2D eigenvalue weighted by molar-refractivity contribution is 0.0729. The van der Waals surface area contributed by atoms with E-state index in [2.05, 4.69) is 86.1 Å². The highest BCUT2D eigenvalue weighted by Gasteiger charge is 2.41. The Morgan fingerprint density at radius 3 is 2.22 bits per heavy atom. The van der Waals surface area contributed by atoms with Crippen LogP contribution in [0.3, 0.4) is 0 Å². The molecule has 0 unspecified atom stereocenters. The molecule has 0 amide bonds. The Morgan fingerprint density at radius 1 is 1.28 bits per heavy atom. The van der Waals surface area contributed by atoms with Crippen LogP contribution < -0.4 is 0 Å². The van der Waals surface area contributed by atoms with Gasteiger partial charge in [0.25, 0.3) is 0 Å². The largest absolute Gasteiger partial charge is 0.410 e. The van der Waals surface area contributed by atoms with Gasteiger partial charge in [-0.3, -0.25) is 0 Å². The van der Waals surface area contributed by atoms with Crippen molar-refractivity contribution in [3.63, 3.8) is 0 Å². The van der Waals surface area contributed by atoms with E-state index < -0.39 is 8.32 Å². The van der Waals surface area contributed by atoms with Crippen LogP contribution in [0.15, 0.2) is 12.5 Å². The summed E-state index contributed by atoms with van der Waals surface area (Å²) in [5, 5.41) is 0.244. The Hall–Kier alpha value is 0.117. The van der Waals surface area contributed by atoms with Gasteiger partial charge in [-0.2, -0.15) is 0 Å². The second-order valence-electron chi connectivity index (χ2n) is 6.99. The monoisotopic (exact) mass is 380 g/mol. The van der Waals surface area contributed by atoms with Crippen LogP contribution in [0, 0.1) is 3.70 Å². The molecule has 0 N–H and O–H groups in total. The minimum Gasteiger partial charge on any atom is -0.410 e. The Bertz CT molecular complexity index is 407. The minimum absolute atomic E-state index is 0.160. The summed E-state index contributed by atoms with van der Waals surface area (Å²) < 4.78 is 9.62. The molecular formula is C13H25IN2OSi. The molecule has 104 valence electrons. The Labute approximate surface area is 126 Å². The van der Waals surface area contributed by atoms with Crippen LogP contribution >= 0.6 is 22.6 Å². The molecule has 0 aliphatic heterocycles. The zero-order valence-electron chi connectivity index (χ0n) is 12.5. The first-order valence-electron chi connectivity index (χ1n) is 6.30. The van der Waals surface area contributed by atoms with Crippen LogP contribution in [-0.4, -0.2) is 23.5 Å². The van der Waals surface area contributed by atoms with Gasteiger partial charge in [0.1, 0.15) is 3.70 Å². The SMILES string of the molecule is CC(C)(Cn1cnc(I)c1)O[Si](C)(C)C(C)(C)C. The predicted octanol–water partition coefficient (Wildman–Crippen LogP) is 4.29. The molecule has 3 nitrogen and oxygen atoms in total. The van der Waals surface area contributed by atoms with Crippen molar-refractivity contribution >= 4 is 30.9 Å². The molecule has 0 aliphatic rings. The fraction of sp³-hybridized carbons (Fsp3) is 0.769. The highest BCUT2D eigenvalue weighted by atomic mass is 127. The summed E-state index contributed by atoms with van der Waals surface area (Å²) in [5.41, 5.74) is -0.160. The van der Waals surface area contributed by atoms with Crippen LogP contribution in [0.5, 0.6) is 0 Å². The molecule has 0 aliphatic carbocycles. The zero-order valence-corrected chi connectivity index (χ0v) is 15.7. The third-order valence-corrected chi connectivity index (χ3v) is 8.74. The molecule has 0 atom stereocenters. The average Bonchev–Trinajstić information content (AvgIpc) is 2.45. The van der Waals surface area contributed by atoms with Gasteiger partial charge in [-0.1, -0.05) is 20.8 Å². The molecule has 0 saturated carbocycles. The number of hydrogen-bond donors (Lipinski definition) is 0. The van der Waals surface area contributed by atoms with E-state index in [0.717, 1.165) is 10.2 Å².